The van der Waals surface area contributed by atoms with Gasteiger partial charge in [0.25, 0.3) is 0 Å². The van der Waals surface area contributed by atoms with E-state index in [-0.39, 0.29) is 18.9 Å². The maximum absolute atomic E-state index is 11.2. The number of hydrogen-bond donors (Lipinski definition) is 3. The molecule has 5 heteroatoms. The Kier molecular flexibility index (Phi) is 3.82. The van der Waals surface area contributed by atoms with Gasteiger partial charge in [-0.25, -0.2) is 0 Å². The molecule has 0 bridgehead atoms. The van der Waals surface area contributed by atoms with Crippen molar-refractivity contribution in [2.75, 3.05) is 18.4 Å². The van der Waals surface area contributed by atoms with Gasteiger partial charge in [-0.15, -0.1) is 0 Å². The first kappa shape index (κ1) is 11.2. The van der Waals surface area contributed by atoms with Crippen molar-refractivity contribution < 1.29 is 14.7 Å². The Morgan fingerprint density at radius 3 is 2.33 bits per heavy atom. The van der Waals surface area contributed by atoms with Gasteiger partial charge in [-0.3, -0.25) is 9.59 Å². The van der Waals surface area contributed by atoms with Gasteiger partial charge in [-0.2, -0.15) is 0 Å². The van der Waals surface area contributed by atoms with Crippen LogP contribution in [0.5, 0.6) is 0 Å². The number of benzene rings is 1. The minimum Gasteiger partial charge on any atom is -0.480 e. The van der Waals surface area contributed by atoms with Crippen molar-refractivity contribution >= 4 is 17.4 Å². The van der Waals surface area contributed by atoms with Crippen molar-refractivity contribution in [1.29, 1.82) is 0 Å². The van der Waals surface area contributed by atoms with Gasteiger partial charge in [-0.1, -0.05) is 0 Å². The molecule has 0 aliphatic carbocycles. The van der Waals surface area contributed by atoms with E-state index >= 15 is 0 Å². The topological polar surface area (TPSA) is 92.4 Å². The minimum absolute atomic E-state index is 0.0259. The third kappa shape index (κ3) is 3.40. The van der Waals surface area contributed by atoms with Crippen LogP contribution in [-0.4, -0.2) is 29.9 Å². The molecule has 0 atom stereocenters. The zero-order valence-corrected chi connectivity index (χ0v) is 8.06. The number of Topliss-reactive ketones (excluding diaryl/α,β-unsaturated/α-hetero) is 1. The van der Waals surface area contributed by atoms with Crippen LogP contribution in [-0.2, 0) is 4.79 Å². The summed E-state index contributed by atoms with van der Waals surface area (Å²) in [7, 11) is 0. The van der Waals surface area contributed by atoms with E-state index in [9.17, 15) is 9.59 Å². The molecule has 0 heterocycles. The van der Waals surface area contributed by atoms with Crippen molar-refractivity contribution in [3.8, 4) is 0 Å². The number of carboxylic acids is 1. The van der Waals surface area contributed by atoms with Crippen LogP contribution >= 0.6 is 0 Å². The largest absolute Gasteiger partial charge is 0.480 e. The van der Waals surface area contributed by atoms with Crippen molar-refractivity contribution in [3.63, 3.8) is 0 Å². The maximum atomic E-state index is 11.2. The highest BCUT2D eigenvalue weighted by Gasteiger charge is 2.02. The lowest BCUT2D eigenvalue weighted by Crippen LogP contribution is -2.14. The Morgan fingerprint density at radius 2 is 1.87 bits per heavy atom. The van der Waals surface area contributed by atoms with Crippen LogP contribution in [0.3, 0.4) is 0 Å². The van der Waals surface area contributed by atoms with Crippen molar-refractivity contribution in [1.82, 2.24) is 0 Å². The van der Waals surface area contributed by atoms with Crippen molar-refractivity contribution in [2.24, 2.45) is 5.73 Å². The summed E-state index contributed by atoms with van der Waals surface area (Å²) in [4.78, 5) is 21.4. The van der Waals surface area contributed by atoms with Gasteiger partial charge in [-0.05, 0) is 24.3 Å². The smallest absolute Gasteiger partial charge is 0.322 e. The highest BCUT2D eigenvalue weighted by atomic mass is 16.4. The third-order valence-electron chi connectivity index (χ3n) is 1.84. The standard InChI is InChI=1S/C10H12N2O3/c11-5-9(13)7-1-3-8(4-2-7)12-6-10(14)15/h1-4,12H,5-6,11H2,(H,14,15). The quantitative estimate of drug-likeness (QED) is 0.606. The van der Waals surface area contributed by atoms with Crippen molar-refractivity contribution in [3.05, 3.63) is 29.8 Å². The number of nitrogens with two attached hydrogens (primary N) is 1. The van der Waals surface area contributed by atoms with Gasteiger partial charge in [0.2, 0.25) is 0 Å². The number of aliphatic carboxylic acids is 1. The number of ketones is 1. The van der Waals surface area contributed by atoms with Crippen LogP contribution in [0.1, 0.15) is 10.4 Å². The van der Waals surface area contributed by atoms with E-state index in [2.05, 4.69) is 5.32 Å². The van der Waals surface area contributed by atoms with Crippen molar-refractivity contribution in [2.45, 2.75) is 0 Å². The highest BCUT2D eigenvalue weighted by Crippen LogP contribution is 2.09. The summed E-state index contributed by atoms with van der Waals surface area (Å²) in [5.74, 6) is -1.07. The second kappa shape index (κ2) is 5.11. The Hall–Kier alpha value is -1.88. The van der Waals surface area contributed by atoms with Gasteiger partial charge in [0.05, 0.1) is 6.54 Å². The van der Waals surface area contributed by atoms with Crippen LogP contribution in [0, 0.1) is 0 Å². The van der Waals surface area contributed by atoms with Crippen LogP contribution in [0.25, 0.3) is 0 Å². The summed E-state index contributed by atoms with van der Waals surface area (Å²) in [6.07, 6.45) is 0. The van der Waals surface area contributed by atoms with E-state index < -0.39 is 5.97 Å². The van der Waals surface area contributed by atoms with E-state index in [1.807, 2.05) is 0 Å². The van der Waals surface area contributed by atoms with Gasteiger partial charge >= 0.3 is 5.97 Å². The van der Waals surface area contributed by atoms with E-state index in [1.165, 1.54) is 0 Å². The molecule has 80 valence electrons. The summed E-state index contributed by atoms with van der Waals surface area (Å²) in [5, 5.41) is 11.1. The first-order valence-corrected chi connectivity index (χ1v) is 4.42. The molecular formula is C10H12N2O3. The molecule has 1 aromatic rings. The second-order valence-electron chi connectivity index (χ2n) is 2.95. The van der Waals surface area contributed by atoms with E-state index in [1.54, 1.807) is 24.3 Å². The monoisotopic (exact) mass is 208 g/mol. The maximum Gasteiger partial charge on any atom is 0.322 e. The first-order valence-electron chi connectivity index (χ1n) is 4.42. The van der Waals surface area contributed by atoms with Gasteiger partial charge < -0.3 is 16.2 Å². The lowest BCUT2D eigenvalue weighted by atomic mass is 10.1. The van der Waals surface area contributed by atoms with Gasteiger partial charge in [0.15, 0.2) is 5.78 Å². The number of carbonyl (C=O) groups is 2. The number of nitrogens with one attached hydrogen (secondary N) is 1. The van der Waals surface area contributed by atoms with Crippen LogP contribution in [0.4, 0.5) is 5.69 Å². The molecule has 1 rings (SSSR count). The molecule has 0 saturated carbocycles. The second-order valence-corrected chi connectivity index (χ2v) is 2.95. The molecule has 0 amide bonds. The Balaban J connectivity index is 2.64. The van der Waals surface area contributed by atoms with Gasteiger partial charge in [0.1, 0.15) is 6.54 Å². The Morgan fingerprint density at radius 1 is 1.27 bits per heavy atom. The average Bonchev–Trinajstić information content (AvgIpc) is 2.26. The fraction of sp³-hybridized carbons (Fsp3) is 0.200. The summed E-state index contributed by atoms with van der Waals surface area (Å²) >= 11 is 0. The number of anilines is 1. The first-order chi connectivity index (χ1) is 7.13. The molecule has 0 unspecified atom stereocenters. The molecule has 0 radical (unpaired) electrons. The molecule has 0 aliphatic rings. The third-order valence-corrected chi connectivity index (χ3v) is 1.84. The molecule has 0 spiro atoms. The normalized spacial score (nSPS) is 9.67. The fourth-order valence-electron chi connectivity index (χ4n) is 1.07. The lowest BCUT2D eigenvalue weighted by molar-refractivity contribution is -0.134. The number of carbonyl (C=O) groups excluding carboxylic acids is 1. The van der Waals surface area contributed by atoms with Crippen LogP contribution in [0.2, 0.25) is 0 Å². The highest BCUT2D eigenvalue weighted by molar-refractivity contribution is 5.97. The molecule has 0 saturated heterocycles. The molecule has 0 aliphatic heterocycles. The van der Waals surface area contributed by atoms with E-state index in [0.717, 1.165) is 0 Å². The summed E-state index contributed by atoms with van der Waals surface area (Å²) < 4.78 is 0. The number of rotatable bonds is 5. The van der Waals surface area contributed by atoms with Gasteiger partial charge in [0, 0.05) is 11.3 Å². The lowest BCUT2D eigenvalue weighted by Gasteiger charge is -2.03. The molecular weight excluding hydrogens is 196 g/mol. The Labute approximate surface area is 86.9 Å². The number of carboxylic acid groups (broad SMARTS) is 1. The average molecular weight is 208 g/mol. The van der Waals surface area contributed by atoms with Crippen LogP contribution in [0.15, 0.2) is 24.3 Å². The molecule has 5 nitrogen and oxygen atoms in total. The Bertz CT molecular complexity index is 359. The summed E-state index contributed by atoms with van der Waals surface area (Å²) in [6.45, 7) is -0.175. The zero-order valence-electron chi connectivity index (χ0n) is 8.06. The van der Waals surface area contributed by atoms with E-state index in [4.69, 9.17) is 10.8 Å². The molecule has 15 heavy (non-hydrogen) atoms. The molecule has 1 aromatic carbocycles. The van der Waals surface area contributed by atoms with Crippen LogP contribution < -0.4 is 11.1 Å². The predicted molar refractivity (Wildman–Crippen MR) is 56.0 cm³/mol. The number of hydrogen-bond acceptors (Lipinski definition) is 4. The minimum atomic E-state index is -0.933. The fourth-order valence-corrected chi connectivity index (χ4v) is 1.07. The van der Waals surface area contributed by atoms with E-state index in [0.29, 0.717) is 11.3 Å². The molecule has 0 aromatic heterocycles. The predicted octanol–water partition coefficient (Wildman–Crippen LogP) is 0.324. The summed E-state index contributed by atoms with van der Waals surface area (Å²) in [5.41, 5.74) is 6.38. The SMILES string of the molecule is NCC(=O)c1ccc(NCC(=O)O)cc1. The molecule has 0 fully saturated rings. The molecule has 4 N–H and O–H groups in total. The zero-order chi connectivity index (χ0) is 11.3. The summed E-state index contributed by atoms with van der Waals surface area (Å²) in [6, 6.07) is 6.51.